The molecule has 3 rings (SSSR count). The summed E-state index contributed by atoms with van der Waals surface area (Å²) in [5.41, 5.74) is 4.17. The minimum atomic E-state index is -0.851. The van der Waals surface area contributed by atoms with Crippen molar-refractivity contribution in [3.8, 4) is 10.4 Å². The van der Waals surface area contributed by atoms with Gasteiger partial charge in [-0.05, 0) is 43.2 Å². The molecule has 9 nitrogen and oxygen atoms in total. The van der Waals surface area contributed by atoms with Crippen LogP contribution in [0.5, 0.6) is 0 Å². The zero-order valence-corrected chi connectivity index (χ0v) is 24.9. The number of amides is 3. The number of carbonyl (C=O) groups is 4. The van der Waals surface area contributed by atoms with Crippen molar-refractivity contribution < 1.29 is 24.3 Å². The number of nitrogens with zero attached hydrogens (tertiary/aromatic N) is 2. The van der Waals surface area contributed by atoms with E-state index >= 15 is 0 Å². The molecular weight excluding hydrogens is 528 g/mol. The molecule has 3 N–H and O–H groups in total. The third-order valence-corrected chi connectivity index (χ3v) is 8.26. The van der Waals surface area contributed by atoms with Gasteiger partial charge in [0.15, 0.2) is 0 Å². The Morgan fingerprint density at radius 3 is 2.45 bits per heavy atom. The van der Waals surface area contributed by atoms with Gasteiger partial charge in [0, 0.05) is 25.8 Å². The van der Waals surface area contributed by atoms with E-state index in [0.717, 1.165) is 40.8 Å². The lowest BCUT2D eigenvalue weighted by molar-refractivity contribution is -0.144. The van der Waals surface area contributed by atoms with Gasteiger partial charge >= 0.3 is 0 Å². The molecule has 0 radical (unpaired) electrons. The van der Waals surface area contributed by atoms with Crippen LogP contribution in [0.1, 0.15) is 83.5 Å². The van der Waals surface area contributed by atoms with Crippen LogP contribution in [0.15, 0.2) is 29.8 Å². The molecule has 1 aliphatic rings. The molecule has 1 aromatic heterocycles. The minimum Gasteiger partial charge on any atom is -0.391 e. The molecule has 1 saturated heterocycles. The standard InChI is InChI=1S/C30H42N4O5S/c1-19(21-11-13-22(14-12-21)26-20(2)31-18-40-26)32-28(38)24-16-23(36)17-34(24)29(39)27(30(3,4)5)33-25(37)10-8-6-7-9-15-35/h11-15,18-19,23-24,27,36H,6-10,16-17H2,1-5H3,(H,32,38)(H,33,37)/t19-,23+,24-,27+/m0/s1. The Kier molecular flexibility index (Phi) is 11.0. The molecule has 0 saturated carbocycles. The normalized spacial score (nSPS) is 18.7. The highest BCUT2D eigenvalue weighted by atomic mass is 32.1. The Bertz CT molecular complexity index is 1170. The maximum atomic E-state index is 13.7. The Balaban J connectivity index is 1.66. The molecule has 3 amide bonds. The number of aromatic nitrogens is 1. The number of nitrogens with one attached hydrogen (secondary N) is 2. The van der Waals surface area contributed by atoms with Crippen LogP contribution in [-0.2, 0) is 19.2 Å². The molecule has 1 aliphatic heterocycles. The largest absolute Gasteiger partial charge is 0.391 e. The molecule has 1 fully saturated rings. The van der Waals surface area contributed by atoms with E-state index in [2.05, 4.69) is 15.6 Å². The SMILES string of the molecule is Cc1ncsc1-c1ccc([C@H](C)NC(=O)[C@@H]2C[C@@H](O)CN2C(=O)[C@@H](NC(=O)CCCCCC=O)C(C)(C)C)cc1. The molecule has 0 bridgehead atoms. The summed E-state index contributed by atoms with van der Waals surface area (Å²) in [5.74, 6) is -0.963. The van der Waals surface area contributed by atoms with E-state index in [0.29, 0.717) is 12.8 Å². The first kappa shape index (κ1) is 31.4. The second kappa shape index (κ2) is 14.0. The lowest BCUT2D eigenvalue weighted by atomic mass is 9.85. The molecule has 40 heavy (non-hydrogen) atoms. The highest BCUT2D eigenvalue weighted by Crippen LogP contribution is 2.29. The van der Waals surface area contributed by atoms with Crippen molar-refractivity contribution in [1.82, 2.24) is 20.5 Å². The maximum absolute atomic E-state index is 13.7. The van der Waals surface area contributed by atoms with Crippen LogP contribution in [0.25, 0.3) is 10.4 Å². The third-order valence-electron chi connectivity index (χ3n) is 7.29. The second-order valence-corrected chi connectivity index (χ2v) is 12.5. The first-order valence-electron chi connectivity index (χ1n) is 13.9. The van der Waals surface area contributed by atoms with Gasteiger partial charge in [-0.15, -0.1) is 11.3 Å². The van der Waals surface area contributed by atoms with Crippen molar-refractivity contribution in [1.29, 1.82) is 0 Å². The Morgan fingerprint density at radius 2 is 1.85 bits per heavy atom. The second-order valence-electron chi connectivity index (χ2n) is 11.6. The quantitative estimate of drug-likeness (QED) is 0.262. The Hall–Kier alpha value is -3.11. The number of hydrogen-bond acceptors (Lipinski definition) is 7. The molecule has 0 aliphatic carbocycles. The van der Waals surface area contributed by atoms with E-state index in [4.69, 9.17) is 0 Å². The summed E-state index contributed by atoms with van der Waals surface area (Å²) in [7, 11) is 0. The van der Waals surface area contributed by atoms with Gasteiger partial charge in [0.25, 0.3) is 0 Å². The van der Waals surface area contributed by atoms with Crippen molar-refractivity contribution in [2.75, 3.05) is 6.54 Å². The Morgan fingerprint density at radius 1 is 1.15 bits per heavy atom. The number of aldehydes is 1. The molecule has 0 spiro atoms. The number of aryl methyl sites for hydroxylation is 1. The van der Waals surface area contributed by atoms with Crippen LogP contribution in [-0.4, -0.2) is 63.7 Å². The lowest BCUT2D eigenvalue weighted by Crippen LogP contribution is -2.57. The smallest absolute Gasteiger partial charge is 0.246 e. The number of carbonyl (C=O) groups excluding carboxylic acids is 4. The van der Waals surface area contributed by atoms with Gasteiger partial charge in [-0.25, -0.2) is 4.98 Å². The van der Waals surface area contributed by atoms with E-state index in [1.807, 2.05) is 64.4 Å². The van der Waals surface area contributed by atoms with Crippen LogP contribution < -0.4 is 10.6 Å². The molecule has 10 heteroatoms. The van der Waals surface area contributed by atoms with Gasteiger partial charge in [-0.2, -0.15) is 0 Å². The summed E-state index contributed by atoms with van der Waals surface area (Å²) in [5, 5.41) is 16.3. The summed E-state index contributed by atoms with van der Waals surface area (Å²) in [6.45, 7) is 9.47. The molecule has 4 atom stereocenters. The van der Waals surface area contributed by atoms with E-state index in [-0.39, 0.29) is 43.1 Å². The minimum absolute atomic E-state index is 0.0301. The van der Waals surface area contributed by atoms with E-state index < -0.39 is 23.6 Å². The number of unbranched alkanes of at least 4 members (excludes halogenated alkanes) is 3. The van der Waals surface area contributed by atoms with Gasteiger partial charge in [-0.3, -0.25) is 14.4 Å². The third kappa shape index (κ3) is 8.20. The summed E-state index contributed by atoms with van der Waals surface area (Å²) in [6.07, 6.45) is 3.02. The zero-order valence-electron chi connectivity index (χ0n) is 24.1. The molecular formula is C30H42N4O5S. The highest BCUT2D eigenvalue weighted by Gasteiger charge is 2.44. The number of aliphatic hydroxyl groups is 1. The number of rotatable bonds is 12. The van der Waals surface area contributed by atoms with Crippen LogP contribution in [0.4, 0.5) is 0 Å². The number of benzene rings is 1. The zero-order chi connectivity index (χ0) is 29.4. The number of thiazole rings is 1. The first-order chi connectivity index (χ1) is 18.9. The Labute approximate surface area is 240 Å². The van der Waals surface area contributed by atoms with E-state index in [1.165, 1.54) is 4.90 Å². The fraction of sp³-hybridized carbons (Fsp3) is 0.567. The molecule has 218 valence electrons. The van der Waals surface area contributed by atoms with Crippen LogP contribution in [0, 0.1) is 12.3 Å². The van der Waals surface area contributed by atoms with Gasteiger partial charge in [-0.1, -0.05) is 51.5 Å². The highest BCUT2D eigenvalue weighted by molar-refractivity contribution is 7.13. The van der Waals surface area contributed by atoms with Gasteiger partial charge in [0.05, 0.1) is 28.2 Å². The van der Waals surface area contributed by atoms with Gasteiger partial charge in [0.2, 0.25) is 17.7 Å². The van der Waals surface area contributed by atoms with Gasteiger partial charge < -0.3 is 25.4 Å². The monoisotopic (exact) mass is 570 g/mol. The fourth-order valence-electron chi connectivity index (χ4n) is 4.94. The molecule has 1 aromatic carbocycles. The predicted molar refractivity (Wildman–Crippen MR) is 156 cm³/mol. The number of β-amino-alcohol motifs (C(OH)–C–C–N with tert-alkyl or cyclic N) is 1. The first-order valence-corrected chi connectivity index (χ1v) is 14.8. The topological polar surface area (TPSA) is 129 Å². The number of likely N-dealkylation sites (tertiary alicyclic amines) is 1. The van der Waals surface area contributed by atoms with Gasteiger partial charge in [0.1, 0.15) is 18.4 Å². The van der Waals surface area contributed by atoms with Crippen molar-refractivity contribution in [3.63, 3.8) is 0 Å². The molecule has 0 unspecified atom stereocenters. The fourth-order valence-corrected chi connectivity index (χ4v) is 5.75. The molecule has 2 aromatic rings. The maximum Gasteiger partial charge on any atom is 0.246 e. The van der Waals surface area contributed by atoms with Crippen LogP contribution in [0.3, 0.4) is 0 Å². The summed E-state index contributed by atoms with van der Waals surface area (Å²) in [4.78, 5) is 57.1. The number of aliphatic hydroxyl groups excluding tert-OH is 1. The van der Waals surface area contributed by atoms with E-state index in [1.54, 1.807) is 11.3 Å². The van der Waals surface area contributed by atoms with Crippen LogP contribution >= 0.6 is 11.3 Å². The predicted octanol–water partition coefficient (Wildman–Crippen LogP) is 3.94. The number of hydrogen-bond donors (Lipinski definition) is 3. The van der Waals surface area contributed by atoms with Crippen molar-refractivity contribution in [2.24, 2.45) is 5.41 Å². The van der Waals surface area contributed by atoms with Crippen molar-refractivity contribution in [3.05, 3.63) is 41.0 Å². The summed E-state index contributed by atoms with van der Waals surface area (Å²) in [6, 6.07) is 5.95. The van der Waals surface area contributed by atoms with E-state index in [9.17, 15) is 24.3 Å². The van der Waals surface area contributed by atoms with Crippen molar-refractivity contribution >= 4 is 35.3 Å². The summed E-state index contributed by atoms with van der Waals surface area (Å²) >= 11 is 1.58. The van der Waals surface area contributed by atoms with Crippen molar-refractivity contribution in [2.45, 2.75) is 97.4 Å². The lowest BCUT2D eigenvalue weighted by Gasteiger charge is -2.35. The average molecular weight is 571 g/mol. The summed E-state index contributed by atoms with van der Waals surface area (Å²) < 4.78 is 0. The van der Waals surface area contributed by atoms with Crippen LogP contribution in [0.2, 0.25) is 0 Å². The average Bonchev–Trinajstić information content (AvgIpc) is 3.51. The molecule has 2 heterocycles.